The number of hydrogen-bond acceptors (Lipinski definition) is 2. The second-order valence-corrected chi connectivity index (χ2v) is 9.45. The molecule has 24 heavy (non-hydrogen) atoms. The van der Waals surface area contributed by atoms with Crippen molar-refractivity contribution in [2.75, 3.05) is 0 Å². The molecule has 1 rings (SSSR count). The Hall–Kier alpha value is -0.340. The SMILES string of the molecule is C/C=C\C(=C/C)C(C)(C)SSC(C)(C)C1=CCCC=C1.CC.CC. The number of rotatable bonds is 6. The normalized spacial score (nSPS) is 15.2. The fourth-order valence-electron chi connectivity index (χ4n) is 2.19. The van der Waals surface area contributed by atoms with E-state index >= 15 is 0 Å². The van der Waals surface area contributed by atoms with Crippen molar-refractivity contribution in [1.29, 1.82) is 0 Å². The maximum absolute atomic E-state index is 2.39. The predicted octanol–water partition coefficient (Wildman–Crippen LogP) is 8.78. The van der Waals surface area contributed by atoms with E-state index in [0.29, 0.717) is 0 Å². The largest absolute Gasteiger partial charge is 0.0873 e. The van der Waals surface area contributed by atoms with Gasteiger partial charge in [-0.2, -0.15) is 0 Å². The average Bonchev–Trinajstić information content (AvgIpc) is 2.62. The molecule has 0 amide bonds. The van der Waals surface area contributed by atoms with E-state index in [1.807, 2.05) is 49.3 Å². The molecule has 0 atom stereocenters. The fourth-order valence-corrected chi connectivity index (χ4v) is 4.96. The van der Waals surface area contributed by atoms with Gasteiger partial charge in [0.1, 0.15) is 0 Å². The second-order valence-electron chi connectivity index (χ2n) is 6.07. The van der Waals surface area contributed by atoms with E-state index in [0.717, 1.165) is 0 Å². The molecule has 0 aromatic carbocycles. The van der Waals surface area contributed by atoms with E-state index in [2.05, 4.69) is 78.0 Å². The van der Waals surface area contributed by atoms with Crippen LogP contribution in [0, 0.1) is 0 Å². The van der Waals surface area contributed by atoms with Gasteiger partial charge in [-0.25, -0.2) is 0 Å². The lowest BCUT2D eigenvalue weighted by Crippen LogP contribution is -2.21. The quantitative estimate of drug-likeness (QED) is 0.339. The summed E-state index contributed by atoms with van der Waals surface area (Å²) < 4.78 is 0.287. The Bertz CT molecular complexity index is 419. The van der Waals surface area contributed by atoms with Crippen molar-refractivity contribution < 1.29 is 0 Å². The van der Waals surface area contributed by atoms with Gasteiger partial charge in [-0.05, 0) is 65.5 Å². The van der Waals surface area contributed by atoms with E-state index in [-0.39, 0.29) is 9.49 Å². The molecule has 0 radical (unpaired) electrons. The van der Waals surface area contributed by atoms with E-state index in [9.17, 15) is 0 Å². The molecular weight excluding hydrogens is 328 g/mol. The highest BCUT2D eigenvalue weighted by Crippen LogP contribution is 2.50. The Morgan fingerprint density at radius 2 is 1.54 bits per heavy atom. The van der Waals surface area contributed by atoms with E-state index < -0.39 is 0 Å². The van der Waals surface area contributed by atoms with Crippen molar-refractivity contribution >= 4 is 21.6 Å². The van der Waals surface area contributed by atoms with Crippen molar-refractivity contribution in [2.24, 2.45) is 0 Å². The van der Waals surface area contributed by atoms with E-state index in [4.69, 9.17) is 0 Å². The van der Waals surface area contributed by atoms with Gasteiger partial charge in [0.15, 0.2) is 0 Å². The van der Waals surface area contributed by atoms with Gasteiger partial charge >= 0.3 is 0 Å². The summed E-state index contributed by atoms with van der Waals surface area (Å²) in [6, 6.07) is 0. The minimum atomic E-state index is 0.127. The number of allylic oxidation sites excluding steroid dienone is 6. The van der Waals surface area contributed by atoms with Crippen LogP contribution in [0.3, 0.4) is 0 Å². The number of hydrogen-bond donors (Lipinski definition) is 0. The third-order valence-corrected chi connectivity index (χ3v) is 7.64. The zero-order chi connectivity index (χ0) is 19.2. The monoisotopic (exact) mass is 368 g/mol. The molecule has 2 heteroatoms. The summed E-state index contributed by atoms with van der Waals surface area (Å²) in [5, 5.41) is 0. The lowest BCUT2D eigenvalue weighted by Gasteiger charge is -2.32. The van der Waals surface area contributed by atoms with Gasteiger partial charge in [-0.1, -0.05) is 85.7 Å². The molecule has 1 aliphatic carbocycles. The first-order chi connectivity index (χ1) is 11.3. The first-order valence-electron chi connectivity index (χ1n) is 9.37. The molecule has 0 unspecified atom stereocenters. The van der Waals surface area contributed by atoms with Crippen LogP contribution in [0.15, 0.2) is 47.6 Å². The van der Waals surface area contributed by atoms with Gasteiger partial charge in [0, 0.05) is 9.49 Å². The first-order valence-corrected chi connectivity index (χ1v) is 11.5. The molecule has 0 fully saturated rings. The molecule has 0 saturated heterocycles. The zero-order valence-electron chi connectivity index (χ0n) is 17.7. The van der Waals surface area contributed by atoms with Crippen molar-refractivity contribution in [2.45, 2.75) is 91.6 Å². The minimum absolute atomic E-state index is 0.127. The summed E-state index contributed by atoms with van der Waals surface area (Å²) in [5.41, 5.74) is 2.85. The summed E-state index contributed by atoms with van der Waals surface area (Å²) in [6.07, 6.45) is 15.9. The third-order valence-electron chi connectivity index (χ3n) is 3.50. The average molecular weight is 369 g/mol. The third kappa shape index (κ3) is 9.22. The highest BCUT2D eigenvalue weighted by atomic mass is 33.1. The van der Waals surface area contributed by atoms with Crippen molar-refractivity contribution in [3.63, 3.8) is 0 Å². The molecule has 0 heterocycles. The van der Waals surface area contributed by atoms with E-state index in [1.54, 1.807) is 0 Å². The van der Waals surface area contributed by atoms with E-state index in [1.165, 1.54) is 24.0 Å². The Labute approximate surface area is 160 Å². The molecular formula is C22H40S2. The fraction of sp³-hybridized carbons (Fsp3) is 0.636. The maximum Gasteiger partial charge on any atom is 0.0452 e. The molecule has 0 aliphatic heterocycles. The molecule has 0 spiro atoms. The van der Waals surface area contributed by atoms with Gasteiger partial charge in [0.05, 0.1) is 0 Å². The Morgan fingerprint density at radius 1 is 0.958 bits per heavy atom. The van der Waals surface area contributed by atoms with Crippen LogP contribution in [0.5, 0.6) is 0 Å². The minimum Gasteiger partial charge on any atom is -0.0873 e. The van der Waals surface area contributed by atoms with Crippen LogP contribution in [0.2, 0.25) is 0 Å². The molecule has 0 N–H and O–H groups in total. The van der Waals surface area contributed by atoms with Crippen LogP contribution in [-0.4, -0.2) is 9.49 Å². The molecule has 0 nitrogen and oxygen atoms in total. The summed E-state index contributed by atoms with van der Waals surface area (Å²) in [6.45, 7) is 21.5. The van der Waals surface area contributed by atoms with Crippen molar-refractivity contribution in [3.05, 3.63) is 47.6 Å². The van der Waals surface area contributed by atoms with Crippen molar-refractivity contribution in [3.8, 4) is 0 Å². The Kier molecular flexibility index (Phi) is 15.0. The summed E-state index contributed by atoms with van der Waals surface area (Å²) in [4.78, 5) is 0. The summed E-state index contributed by atoms with van der Waals surface area (Å²) >= 11 is 0. The van der Waals surface area contributed by atoms with Gasteiger partial charge in [-0.3, -0.25) is 0 Å². The van der Waals surface area contributed by atoms with Crippen LogP contribution in [0.1, 0.15) is 82.1 Å². The lowest BCUT2D eigenvalue weighted by atomic mass is 9.96. The van der Waals surface area contributed by atoms with Crippen LogP contribution in [-0.2, 0) is 0 Å². The van der Waals surface area contributed by atoms with Gasteiger partial charge in [-0.15, -0.1) is 0 Å². The maximum atomic E-state index is 2.39. The molecule has 0 aromatic heterocycles. The summed E-state index contributed by atoms with van der Waals surface area (Å²) in [7, 11) is 3.96. The van der Waals surface area contributed by atoms with Gasteiger partial charge < -0.3 is 0 Å². The summed E-state index contributed by atoms with van der Waals surface area (Å²) in [5.74, 6) is 0. The van der Waals surface area contributed by atoms with Gasteiger partial charge in [0.2, 0.25) is 0 Å². The molecule has 0 saturated carbocycles. The smallest absolute Gasteiger partial charge is 0.0452 e. The Morgan fingerprint density at radius 3 is 1.96 bits per heavy atom. The van der Waals surface area contributed by atoms with Crippen LogP contribution in [0.4, 0.5) is 0 Å². The lowest BCUT2D eigenvalue weighted by molar-refractivity contribution is 0.834. The van der Waals surface area contributed by atoms with Crippen LogP contribution in [0.25, 0.3) is 0 Å². The first kappa shape index (κ1) is 25.9. The zero-order valence-corrected chi connectivity index (χ0v) is 19.3. The highest BCUT2D eigenvalue weighted by molar-refractivity contribution is 8.77. The molecule has 0 aromatic rings. The van der Waals surface area contributed by atoms with Crippen LogP contribution < -0.4 is 0 Å². The molecule has 1 aliphatic rings. The second kappa shape index (κ2) is 13.9. The topological polar surface area (TPSA) is 0 Å². The molecule has 140 valence electrons. The highest BCUT2D eigenvalue weighted by Gasteiger charge is 2.29. The van der Waals surface area contributed by atoms with Crippen LogP contribution >= 0.6 is 21.6 Å². The molecule has 0 bridgehead atoms. The Balaban J connectivity index is 0. The predicted molar refractivity (Wildman–Crippen MR) is 121 cm³/mol. The van der Waals surface area contributed by atoms with Crippen molar-refractivity contribution in [1.82, 2.24) is 0 Å². The van der Waals surface area contributed by atoms with Gasteiger partial charge in [0.25, 0.3) is 0 Å². The standard InChI is InChI=1S/C18H28S2.2C2H6/c1-7-12-15(8-2)17(3,4)19-20-18(5,6)16-13-10-9-11-14-16;2*1-2/h7-8,10,12-14H,9,11H2,1-6H3;2*1-2H3/b12-7-,15-8+;;.